The maximum absolute atomic E-state index is 13.2. The van der Waals surface area contributed by atoms with Gasteiger partial charge in [0.1, 0.15) is 5.70 Å². The molecule has 4 rings (SSSR count). The number of nitrogens with one attached hydrogen (secondary N) is 1. The van der Waals surface area contributed by atoms with E-state index < -0.39 is 57.1 Å². The van der Waals surface area contributed by atoms with Crippen LogP contribution in [0.25, 0.3) is 0 Å². The van der Waals surface area contributed by atoms with E-state index in [1.807, 2.05) is 11.8 Å². The van der Waals surface area contributed by atoms with Crippen LogP contribution < -0.4 is 9.86 Å². The number of non-ortho nitro benzene ring substituents is 1. The quantitative estimate of drug-likeness (QED) is 0.125. The van der Waals surface area contributed by atoms with E-state index >= 15 is 0 Å². The topological polar surface area (TPSA) is 202 Å². The van der Waals surface area contributed by atoms with Crippen molar-refractivity contribution in [2.75, 3.05) is 19.6 Å². The number of nitrogens with zero attached hydrogens (tertiary/aromatic N) is 3. The van der Waals surface area contributed by atoms with Crippen molar-refractivity contribution in [1.29, 1.82) is 0 Å². The molecular formula is C22H27N5O9S. The summed E-state index contributed by atoms with van der Waals surface area (Å²) in [6.45, 7) is 4.31. The third kappa shape index (κ3) is 5.26. The third-order valence-corrected chi connectivity index (χ3v) is 7.67. The number of likely N-dealkylation sites (tertiary alicyclic amines) is 1. The van der Waals surface area contributed by atoms with Crippen LogP contribution in [0.15, 0.2) is 35.5 Å². The Kier molecular flexibility index (Phi) is 7.18. The van der Waals surface area contributed by atoms with E-state index in [9.17, 15) is 38.0 Å². The smallest absolute Gasteiger partial charge is 0.362 e. The molecule has 0 radical (unpaired) electrons. The van der Waals surface area contributed by atoms with Crippen LogP contribution in [-0.4, -0.2) is 83.9 Å². The van der Waals surface area contributed by atoms with Crippen LogP contribution in [0.3, 0.4) is 0 Å². The van der Waals surface area contributed by atoms with Gasteiger partial charge in [0.15, 0.2) is 0 Å². The number of aliphatic hydroxyl groups is 1. The second-order valence-corrected chi connectivity index (χ2v) is 10.8. The van der Waals surface area contributed by atoms with Gasteiger partial charge in [-0.05, 0) is 31.1 Å². The number of amides is 1. The highest BCUT2D eigenvalue weighted by Crippen LogP contribution is 2.47. The molecule has 0 saturated carbocycles. The summed E-state index contributed by atoms with van der Waals surface area (Å²) in [6, 6.07) is 3.60. The molecule has 3 aliphatic heterocycles. The van der Waals surface area contributed by atoms with Crippen molar-refractivity contribution in [3.63, 3.8) is 0 Å². The number of carbonyl (C=O) groups is 3. The van der Waals surface area contributed by atoms with E-state index in [1.54, 1.807) is 0 Å². The molecular weight excluding hydrogens is 510 g/mol. The number of nitro benzene ring substituents is 1. The Morgan fingerprint density at radius 2 is 1.95 bits per heavy atom. The SMILES string of the molecule is C[C@@H](O)[C@H]1C(=O)N2C(C(=O)OC(=O)c3ccc([N+](=O)[O-])cc3)=C(CN3CC[C@H](NS(N)(=O)=O)C3)[C@H](C)[C@H]12. The van der Waals surface area contributed by atoms with E-state index in [0.717, 1.165) is 24.3 Å². The summed E-state index contributed by atoms with van der Waals surface area (Å²) in [5, 5.41) is 26.0. The van der Waals surface area contributed by atoms with E-state index in [4.69, 9.17) is 9.88 Å². The monoisotopic (exact) mass is 537 g/mol. The molecule has 5 atom stereocenters. The lowest BCUT2D eigenvalue weighted by Gasteiger charge is -2.46. The highest BCUT2D eigenvalue weighted by Gasteiger charge is 2.60. The van der Waals surface area contributed by atoms with Crippen LogP contribution in [0, 0.1) is 22.0 Å². The molecule has 0 aromatic heterocycles. The lowest BCUT2D eigenvalue weighted by atomic mass is 9.77. The number of ether oxygens (including phenoxy) is 1. The van der Waals surface area contributed by atoms with Crippen molar-refractivity contribution in [3.05, 3.63) is 51.2 Å². The van der Waals surface area contributed by atoms with Gasteiger partial charge in [-0.1, -0.05) is 6.92 Å². The minimum atomic E-state index is -3.89. The molecule has 15 heteroatoms. The average molecular weight is 538 g/mol. The minimum absolute atomic E-state index is 0.0856. The molecule has 1 amide bonds. The van der Waals surface area contributed by atoms with Gasteiger partial charge in [0.2, 0.25) is 5.91 Å². The molecule has 0 spiro atoms. The lowest BCUT2D eigenvalue weighted by Crippen LogP contribution is -2.63. The minimum Gasteiger partial charge on any atom is -0.393 e. The number of esters is 2. The first-order valence-corrected chi connectivity index (χ1v) is 13.1. The molecule has 2 saturated heterocycles. The number of hydrogen-bond acceptors (Lipinski definition) is 10. The zero-order chi connectivity index (χ0) is 27.2. The van der Waals surface area contributed by atoms with Crippen LogP contribution in [-0.2, 0) is 24.5 Å². The number of benzene rings is 1. The van der Waals surface area contributed by atoms with Crippen LogP contribution in [0.1, 0.15) is 30.6 Å². The Morgan fingerprint density at radius 3 is 2.51 bits per heavy atom. The summed E-state index contributed by atoms with van der Waals surface area (Å²) in [5.41, 5.74) is 0.116. The number of fused-ring (bicyclic) bond motifs is 1. The number of aliphatic hydroxyl groups excluding tert-OH is 1. The Balaban J connectivity index is 1.57. The Labute approximate surface area is 212 Å². The summed E-state index contributed by atoms with van der Waals surface area (Å²) in [7, 11) is -3.89. The summed E-state index contributed by atoms with van der Waals surface area (Å²) in [4.78, 5) is 52.0. The van der Waals surface area contributed by atoms with Gasteiger partial charge in [-0.25, -0.2) is 14.7 Å². The molecule has 37 heavy (non-hydrogen) atoms. The highest BCUT2D eigenvalue weighted by molar-refractivity contribution is 7.87. The predicted molar refractivity (Wildman–Crippen MR) is 127 cm³/mol. The molecule has 0 bridgehead atoms. The zero-order valence-electron chi connectivity index (χ0n) is 20.1. The molecule has 0 aliphatic carbocycles. The fourth-order valence-corrected chi connectivity index (χ4v) is 5.96. The van der Waals surface area contributed by atoms with Crippen LogP contribution in [0.2, 0.25) is 0 Å². The van der Waals surface area contributed by atoms with Gasteiger partial charge in [-0.2, -0.15) is 13.1 Å². The van der Waals surface area contributed by atoms with Gasteiger partial charge in [-0.3, -0.25) is 19.8 Å². The lowest BCUT2D eigenvalue weighted by molar-refractivity contribution is -0.384. The van der Waals surface area contributed by atoms with Crippen molar-refractivity contribution in [1.82, 2.24) is 14.5 Å². The number of carbonyl (C=O) groups excluding carboxylic acids is 3. The van der Waals surface area contributed by atoms with E-state index in [2.05, 4.69) is 4.72 Å². The molecule has 0 unspecified atom stereocenters. The first-order valence-electron chi connectivity index (χ1n) is 11.6. The number of rotatable bonds is 8. The van der Waals surface area contributed by atoms with E-state index in [0.29, 0.717) is 25.1 Å². The average Bonchev–Trinajstić information content (AvgIpc) is 3.32. The standard InChI is InChI=1S/C22H27N5O9S/c1-11-16(10-25-8-7-14(9-25)24-37(23,34)35)19(26-18(11)17(12(2)28)20(26)29)22(31)36-21(30)13-3-5-15(6-4-13)27(32)33/h3-6,11-12,14,17-18,24,28H,7-10H2,1-2H3,(H2,23,34,35)/t11-,12+,14-,17+,18+/m0/s1. The Hall–Kier alpha value is -3.24. The molecule has 3 heterocycles. The predicted octanol–water partition coefficient (Wildman–Crippen LogP) is -0.743. The number of β-lactam (4-membered cyclic amide) rings is 1. The second-order valence-electron chi connectivity index (χ2n) is 9.49. The van der Waals surface area contributed by atoms with Crippen molar-refractivity contribution >= 4 is 33.7 Å². The van der Waals surface area contributed by atoms with Crippen LogP contribution >= 0.6 is 0 Å². The van der Waals surface area contributed by atoms with Gasteiger partial charge >= 0.3 is 11.9 Å². The Morgan fingerprint density at radius 1 is 1.30 bits per heavy atom. The number of hydrogen-bond donors (Lipinski definition) is 3. The van der Waals surface area contributed by atoms with Gasteiger partial charge < -0.3 is 14.7 Å². The molecule has 1 aromatic rings. The second kappa shape index (κ2) is 9.90. The summed E-state index contributed by atoms with van der Waals surface area (Å²) in [5.74, 6) is -3.63. The molecule has 4 N–H and O–H groups in total. The van der Waals surface area contributed by atoms with Crippen molar-refractivity contribution in [3.8, 4) is 0 Å². The summed E-state index contributed by atoms with van der Waals surface area (Å²) < 4.78 is 30.2. The first-order chi connectivity index (χ1) is 17.3. The number of nitro groups is 1. The third-order valence-electron chi connectivity index (χ3n) is 7.01. The van der Waals surface area contributed by atoms with Gasteiger partial charge in [0.05, 0.1) is 28.6 Å². The molecule has 14 nitrogen and oxygen atoms in total. The maximum atomic E-state index is 13.2. The summed E-state index contributed by atoms with van der Waals surface area (Å²) in [6.07, 6.45) is -0.469. The largest absolute Gasteiger partial charge is 0.393 e. The van der Waals surface area contributed by atoms with Gasteiger partial charge in [0.25, 0.3) is 15.9 Å². The maximum Gasteiger partial charge on any atom is 0.362 e. The Bertz CT molecular complexity index is 1280. The first kappa shape index (κ1) is 26.8. The summed E-state index contributed by atoms with van der Waals surface area (Å²) >= 11 is 0. The van der Waals surface area contributed by atoms with Crippen molar-refractivity contribution in [2.45, 2.75) is 38.5 Å². The van der Waals surface area contributed by atoms with E-state index in [1.165, 1.54) is 11.8 Å². The fourth-order valence-electron chi connectivity index (χ4n) is 5.30. The highest BCUT2D eigenvalue weighted by atomic mass is 32.2. The zero-order valence-corrected chi connectivity index (χ0v) is 20.9. The fraction of sp³-hybridized carbons (Fsp3) is 0.500. The van der Waals surface area contributed by atoms with Crippen molar-refractivity contribution in [2.24, 2.45) is 17.0 Å². The van der Waals surface area contributed by atoms with Gasteiger partial charge in [-0.15, -0.1) is 0 Å². The van der Waals surface area contributed by atoms with Crippen LogP contribution in [0.5, 0.6) is 0 Å². The normalized spacial score (nSPS) is 26.6. The molecule has 200 valence electrons. The van der Waals surface area contributed by atoms with E-state index in [-0.39, 0.29) is 29.4 Å². The van der Waals surface area contributed by atoms with Gasteiger partial charge in [0, 0.05) is 43.7 Å². The van der Waals surface area contributed by atoms with Crippen LogP contribution in [0.4, 0.5) is 5.69 Å². The molecule has 2 fully saturated rings. The molecule has 3 aliphatic rings. The number of nitrogens with two attached hydrogens (primary N) is 1. The van der Waals surface area contributed by atoms with Crippen molar-refractivity contribution < 1.29 is 37.6 Å². The molecule has 1 aromatic carbocycles.